The van der Waals surface area contributed by atoms with Crippen LogP contribution in [0, 0.1) is 12.7 Å². The summed E-state index contributed by atoms with van der Waals surface area (Å²) in [4.78, 5) is 21.8. The highest BCUT2D eigenvalue weighted by Crippen LogP contribution is 2.25. The smallest absolute Gasteiger partial charge is 0.255 e. The summed E-state index contributed by atoms with van der Waals surface area (Å²) in [6.45, 7) is 4.38. The first-order valence-corrected chi connectivity index (χ1v) is 9.06. The van der Waals surface area contributed by atoms with Crippen molar-refractivity contribution in [3.63, 3.8) is 0 Å². The van der Waals surface area contributed by atoms with Crippen LogP contribution in [-0.4, -0.2) is 20.4 Å². The zero-order valence-electron chi connectivity index (χ0n) is 15.6. The lowest BCUT2D eigenvalue weighted by atomic mass is 10.1. The Morgan fingerprint density at radius 3 is 2.79 bits per heavy atom. The monoisotopic (exact) mass is 374 g/mol. The van der Waals surface area contributed by atoms with Crippen LogP contribution in [0.5, 0.6) is 0 Å². The van der Waals surface area contributed by atoms with Crippen LogP contribution >= 0.6 is 0 Å². The number of nitrogens with one attached hydrogen (secondary N) is 1. The fourth-order valence-corrected chi connectivity index (χ4v) is 3.22. The van der Waals surface area contributed by atoms with E-state index in [-0.39, 0.29) is 11.7 Å². The number of nitrogens with zero attached hydrogens (tertiary/aromatic N) is 3. The van der Waals surface area contributed by atoms with Gasteiger partial charge in [0.15, 0.2) is 5.65 Å². The van der Waals surface area contributed by atoms with E-state index in [1.165, 1.54) is 6.07 Å². The van der Waals surface area contributed by atoms with E-state index in [0.29, 0.717) is 23.4 Å². The third kappa shape index (κ3) is 3.13. The number of aromatic nitrogens is 3. The molecule has 0 fully saturated rings. The van der Waals surface area contributed by atoms with Gasteiger partial charge in [-0.1, -0.05) is 18.2 Å². The van der Waals surface area contributed by atoms with E-state index >= 15 is 0 Å². The van der Waals surface area contributed by atoms with Crippen LogP contribution in [0.15, 0.2) is 60.8 Å². The summed E-state index contributed by atoms with van der Waals surface area (Å²) < 4.78 is 15.8. The van der Waals surface area contributed by atoms with Gasteiger partial charge in [0.1, 0.15) is 17.2 Å². The van der Waals surface area contributed by atoms with E-state index in [1.54, 1.807) is 37.4 Å². The number of carbonyl (C=O) groups excluding carboxylic acids is 1. The molecule has 0 unspecified atom stereocenters. The maximum atomic E-state index is 13.7. The van der Waals surface area contributed by atoms with Gasteiger partial charge in [-0.2, -0.15) is 0 Å². The van der Waals surface area contributed by atoms with Crippen molar-refractivity contribution >= 4 is 22.8 Å². The van der Waals surface area contributed by atoms with E-state index in [4.69, 9.17) is 0 Å². The predicted octanol–water partition coefficient (Wildman–Crippen LogP) is 4.82. The topological polar surface area (TPSA) is 59.8 Å². The van der Waals surface area contributed by atoms with Crippen molar-refractivity contribution in [1.82, 2.24) is 14.5 Å². The maximum absolute atomic E-state index is 13.7. The highest BCUT2D eigenvalue weighted by Gasteiger charge is 2.15. The van der Waals surface area contributed by atoms with Gasteiger partial charge in [0.2, 0.25) is 0 Å². The molecule has 1 N–H and O–H groups in total. The lowest BCUT2D eigenvalue weighted by Gasteiger charge is -2.10. The number of pyridine rings is 1. The summed E-state index contributed by atoms with van der Waals surface area (Å²) in [6, 6.07) is 15.6. The summed E-state index contributed by atoms with van der Waals surface area (Å²) >= 11 is 0. The van der Waals surface area contributed by atoms with Crippen LogP contribution in [0.3, 0.4) is 0 Å². The molecule has 0 aliphatic carbocycles. The molecule has 0 saturated carbocycles. The Bertz CT molecular complexity index is 1180. The second-order valence-electron chi connectivity index (χ2n) is 6.47. The Kier molecular flexibility index (Phi) is 4.61. The van der Waals surface area contributed by atoms with Gasteiger partial charge in [-0.25, -0.2) is 14.4 Å². The summed E-state index contributed by atoms with van der Waals surface area (Å²) in [7, 11) is 0. The number of benzene rings is 2. The molecule has 2 aromatic carbocycles. The summed E-state index contributed by atoms with van der Waals surface area (Å²) in [5.74, 6) is 0.108. The lowest BCUT2D eigenvalue weighted by Crippen LogP contribution is -2.13. The van der Waals surface area contributed by atoms with E-state index in [2.05, 4.69) is 15.3 Å². The summed E-state index contributed by atoms with van der Waals surface area (Å²) in [6.07, 6.45) is 1.74. The number of hydrogen-bond donors (Lipinski definition) is 1. The molecule has 0 atom stereocenters. The first-order valence-electron chi connectivity index (χ1n) is 9.06. The van der Waals surface area contributed by atoms with Gasteiger partial charge in [0.25, 0.3) is 5.91 Å². The largest absolute Gasteiger partial charge is 0.322 e. The zero-order chi connectivity index (χ0) is 19.7. The molecule has 0 bridgehead atoms. The molecule has 2 aromatic heterocycles. The number of imidazole rings is 1. The number of anilines is 1. The molecular weight excluding hydrogens is 355 g/mol. The van der Waals surface area contributed by atoms with E-state index in [9.17, 15) is 9.18 Å². The quantitative estimate of drug-likeness (QED) is 0.557. The van der Waals surface area contributed by atoms with Gasteiger partial charge < -0.3 is 9.88 Å². The number of aryl methyl sites for hydroxylation is 1. The molecule has 4 aromatic rings. The number of fused-ring (bicyclic) bond motifs is 1. The molecule has 2 heterocycles. The van der Waals surface area contributed by atoms with Crippen molar-refractivity contribution < 1.29 is 9.18 Å². The molecule has 5 nitrogen and oxygen atoms in total. The minimum Gasteiger partial charge on any atom is -0.322 e. The van der Waals surface area contributed by atoms with Crippen LogP contribution in [-0.2, 0) is 6.54 Å². The minimum absolute atomic E-state index is 0.298. The Hall–Kier alpha value is -3.54. The molecule has 6 heteroatoms. The third-order valence-electron chi connectivity index (χ3n) is 4.72. The van der Waals surface area contributed by atoms with Gasteiger partial charge in [-0.05, 0) is 50.2 Å². The standard InChI is InChI=1S/C22H19FN4O/c1-3-27-20(25-19-11-6-12-24-21(19)27)15-7-4-8-16(13-15)22(28)26-18-10-5-9-17(23)14(18)2/h4-13H,3H2,1-2H3,(H,26,28). The number of hydrogen-bond acceptors (Lipinski definition) is 3. The molecule has 28 heavy (non-hydrogen) atoms. The fourth-order valence-electron chi connectivity index (χ4n) is 3.22. The third-order valence-corrected chi connectivity index (χ3v) is 4.72. The van der Waals surface area contributed by atoms with Gasteiger partial charge in [-0.3, -0.25) is 4.79 Å². The van der Waals surface area contributed by atoms with Crippen molar-refractivity contribution in [3.8, 4) is 11.4 Å². The maximum Gasteiger partial charge on any atom is 0.255 e. The zero-order valence-corrected chi connectivity index (χ0v) is 15.6. The lowest BCUT2D eigenvalue weighted by molar-refractivity contribution is 0.102. The van der Waals surface area contributed by atoms with Crippen molar-refractivity contribution in [2.45, 2.75) is 20.4 Å². The molecule has 1 amide bonds. The summed E-state index contributed by atoms with van der Waals surface area (Å²) in [5.41, 5.74) is 3.79. The molecule has 0 aliphatic heterocycles. The number of rotatable bonds is 4. The normalized spacial score (nSPS) is 11.0. The minimum atomic E-state index is -0.351. The van der Waals surface area contributed by atoms with E-state index < -0.39 is 0 Å². The molecule has 0 radical (unpaired) electrons. The van der Waals surface area contributed by atoms with Crippen LogP contribution in [0.4, 0.5) is 10.1 Å². The molecule has 140 valence electrons. The van der Waals surface area contributed by atoms with Crippen molar-refractivity contribution in [2.24, 2.45) is 0 Å². The van der Waals surface area contributed by atoms with Crippen LogP contribution in [0.2, 0.25) is 0 Å². The molecule has 0 aliphatic rings. The first-order chi connectivity index (χ1) is 13.6. The molecule has 0 spiro atoms. The fraction of sp³-hybridized carbons (Fsp3) is 0.136. The SMILES string of the molecule is CCn1c(-c2cccc(C(=O)Nc3cccc(F)c3C)c2)nc2cccnc21. The summed E-state index contributed by atoms with van der Waals surface area (Å²) in [5, 5.41) is 2.78. The first kappa shape index (κ1) is 17.9. The van der Waals surface area contributed by atoms with Gasteiger partial charge in [0.05, 0.1) is 0 Å². The Morgan fingerprint density at radius 2 is 1.96 bits per heavy atom. The average Bonchev–Trinajstić information content (AvgIpc) is 3.10. The van der Waals surface area contributed by atoms with E-state index in [1.807, 2.05) is 35.8 Å². The predicted molar refractivity (Wildman–Crippen MR) is 108 cm³/mol. The average molecular weight is 374 g/mol. The number of carbonyl (C=O) groups is 1. The van der Waals surface area contributed by atoms with Crippen LogP contribution < -0.4 is 5.32 Å². The van der Waals surface area contributed by atoms with Gasteiger partial charge >= 0.3 is 0 Å². The second-order valence-corrected chi connectivity index (χ2v) is 6.47. The van der Waals surface area contributed by atoms with Crippen LogP contribution in [0.25, 0.3) is 22.6 Å². The van der Waals surface area contributed by atoms with Crippen molar-refractivity contribution in [3.05, 3.63) is 77.7 Å². The van der Waals surface area contributed by atoms with Crippen molar-refractivity contribution in [2.75, 3.05) is 5.32 Å². The second kappa shape index (κ2) is 7.23. The highest BCUT2D eigenvalue weighted by molar-refractivity contribution is 6.05. The van der Waals surface area contributed by atoms with E-state index in [0.717, 1.165) is 22.6 Å². The van der Waals surface area contributed by atoms with Gasteiger partial charge in [0, 0.05) is 35.1 Å². The number of halogens is 1. The molecular formula is C22H19FN4O. The van der Waals surface area contributed by atoms with Crippen LogP contribution in [0.1, 0.15) is 22.8 Å². The highest BCUT2D eigenvalue weighted by atomic mass is 19.1. The Labute approximate surface area is 161 Å². The Balaban J connectivity index is 1.70. The van der Waals surface area contributed by atoms with Crippen molar-refractivity contribution in [1.29, 1.82) is 0 Å². The Morgan fingerprint density at radius 1 is 1.14 bits per heavy atom. The van der Waals surface area contributed by atoms with Gasteiger partial charge in [-0.15, -0.1) is 0 Å². The molecule has 4 rings (SSSR count). The number of amides is 1. The molecule has 0 saturated heterocycles.